The Balaban J connectivity index is 1.81. The minimum Gasteiger partial charge on any atom is -0.469 e. The van der Waals surface area contributed by atoms with Gasteiger partial charge in [-0.05, 0) is 31.2 Å². The summed E-state index contributed by atoms with van der Waals surface area (Å²) >= 11 is 0. The van der Waals surface area contributed by atoms with E-state index >= 15 is 0 Å². The van der Waals surface area contributed by atoms with Crippen LogP contribution in [0.25, 0.3) is 0 Å². The van der Waals surface area contributed by atoms with E-state index < -0.39 is 0 Å². The number of nitrogens with zero attached hydrogens (tertiary/aromatic N) is 1. The monoisotopic (exact) mass is 234 g/mol. The van der Waals surface area contributed by atoms with Crippen LogP contribution in [0.2, 0.25) is 0 Å². The maximum Gasteiger partial charge on any atom is 0.108 e. The Bertz CT molecular complexity index is 377. The molecule has 0 amide bonds. The number of hydrogen-bond acceptors (Lipinski definition) is 3. The molecule has 1 aliphatic heterocycles. The molecule has 0 bridgehead atoms. The molecule has 17 heavy (non-hydrogen) atoms. The summed E-state index contributed by atoms with van der Waals surface area (Å²) in [6, 6.07) is 3.05. The first-order valence-electron chi connectivity index (χ1n) is 6.80. The summed E-state index contributed by atoms with van der Waals surface area (Å²) in [5.74, 6) is 1.92. The Labute approximate surface area is 103 Å². The molecule has 3 unspecified atom stereocenters. The van der Waals surface area contributed by atoms with Crippen LogP contribution < -0.4 is 5.73 Å². The molecule has 3 rings (SSSR count). The van der Waals surface area contributed by atoms with E-state index in [0.717, 1.165) is 18.9 Å². The lowest BCUT2D eigenvalue weighted by Crippen LogP contribution is -2.48. The van der Waals surface area contributed by atoms with Gasteiger partial charge >= 0.3 is 0 Å². The Morgan fingerprint density at radius 2 is 2.29 bits per heavy atom. The van der Waals surface area contributed by atoms with Gasteiger partial charge in [0.05, 0.1) is 6.26 Å². The van der Waals surface area contributed by atoms with E-state index in [9.17, 15) is 0 Å². The zero-order valence-corrected chi connectivity index (χ0v) is 10.6. The topological polar surface area (TPSA) is 42.4 Å². The molecule has 1 saturated heterocycles. The third-order valence-electron chi connectivity index (χ3n) is 4.18. The van der Waals surface area contributed by atoms with Gasteiger partial charge in [0.15, 0.2) is 0 Å². The SMILES string of the molecule is CC1CC(N)CN(C2CCCc3occc32)C1. The fourth-order valence-corrected chi connectivity index (χ4v) is 3.54. The molecule has 3 heteroatoms. The van der Waals surface area contributed by atoms with Gasteiger partial charge in [0.2, 0.25) is 0 Å². The van der Waals surface area contributed by atoms with Crippen LogP contribution in [-0.4, -0.2) is 24.0 Å². The second kappa shape index (κ2) is 4.46. The minimum atomic E-state index is 0.344. The summed E-state index contributed by atoms with van der Waals surface area (Å²) in [6.07, 6.45) is 6.61. The maximum absolute atomic E-state index is 6.15. The van der Waals surface area contributed by atoms with Crippen molar-refractivity contribution in [1.82, 2.24) is 4.90 Å². The molecule has 94 valence electrons. The first-order valence-corrected chi connectivity index (χ1v) is 6.80. The third kappa shape index (κ3) is 2.14. The Kier molecular flexibility index (Phi) is 2.97. The van der Waals surface area contributed by atoms with E-state index in [0.29, 0.717) is 12.1 Å². The number of rotatable bonds is 1. The normalized spacial score (nSPS) is 34.6. The van der Waals surface area contributed by atoms with Crippen LogP contribution in [-0.2, 0) is 6.42 Å². The average Bonchev–Trinajstić information content (AvgIpc) is 2.75. The van der Waals surface area contributed by atoms with Crippen LogP contribution in [0.4, 0.5) is 0 Å². The van der Waals surface area contributed by atoms with Crippen molar-refractivity contribution in [3.8, 4) is 0 Å². The van der Waals surface area contributed by atoms with Gasteiger partial charge in [0, 0.05) is 37.2 Å². The second-order valence-electron chi connectivity index (χ2n) is 5.76. The van der Waals surface area contributed by atoms with Crippen molar-refractivity contribution in [2.24, 2.45) is 11.7 Å². The van der Waals surface area contributed by atoms with Crippen LogP contribution in [0.1, 0.15) is 43.6 Å². The van der Waals surface area contributed by atoms with Crippen LogP contribution in [0.3, 0.4) is 0 Å². The van der Waals surface area contributed by atoms with Gasteiger partial charge in [0.25, 0.3) is 0 Å². The second-order valence-corrected chi connectivity index (χ2v) is 5.76. The zero-order valence-electron chi connectivity index (χ0n) is 10.6. The lowest BCUT2D eigenvalue weighted by Gasteiger charge is -2.41. The van der Waals surface area contributed by atoms with Crippen molar-refractivity contribution in [3.05, 3.63) is 23.7 Å². The smallest absolute Gasteiger partial charge is 0.108 e. The largest absolute Gasteiger partial charge is 0.469 e. The molecular formula is C14H22N2O. The molecule has 0 aromatic carbocycles. The van der Waals surface area contributed by atoms with E-state index in [1.807, 2.05) is 6.26 Å². The third-order valence-corrected chi connectivity index (χ3v) is 4.18. The molecule has 0 saturated carbocycles. The van der Waals surface area contributed by atoms with Gasteiger partial charge < -0.3 is 10.2 Å². The summed E-state index contributed by atoms with van der Waals surface area (Å²) in [5, 5.41) is 0. The predicted molar refractivity (Wildman–Crippen MR) is 67.7 cm³/mol. The van der Waals surface area contributed by atoms with E-state index in [1.54, 1.807) is 0 Å². The molecule has 1 aromatic heterocycles. The highest BCUT2D eigenvalue weighted by molar-refractivity contribution is 5.24. The molecule has 3 atom stereocenters. The van der Waals surface area contributed by atoms with Gasteiger partial charge in [-0.15, -0.1) is 0 Å². The summed E-state index contributed by atoms with van der Waals surface area (Å²) in [6.45, 7) is 4.54. The quantitative estimate of drug-likeness (QED) is 0.811. The number of likely N-dealkylation sites (tertiary alicyclic amines) is 1. The highest BCUT2D eigenvalue weighted by Crippen LogP contribution is 2.36. The summed E-state index contributed by atoms with van der Waals surface area (Å²) in [4.78, 5) is 2.58. The van der Waals surface area contributed by atoms with E-state index in [1.165, 1.54) is 37.1 Å². The number of furan rings is 1. The average molecular weight is 234 g/mol. The van der Waals surface area contributed by atoms with Crippen LogP contribution >= 0.6 is 0 Å². The van der Waals surface area contributed by atoms with Crippen molar-refractivity contribution in [1.29, 1.82) is 0 Å². The molecule has 1 aromatic rings. The van der Waals surface area contributed by atoms with Crippen molar-refractivity contribution < 1.29 is 4.42 Å². The van der Waals surface area contributed by atoms with Crippen molar-refractivity contribution in [2.75, 3.05) is 13.1 Å². The van der Waals surface area contributed by atoms with E-state index in [4.69, 9.17) is 10.2 Å². The molecule has 2 aliphatic rings. The minimum absolute atomic E-state index is 0.344. The molecule has 1 aliphatic carbocycles. The van der Waals surface area contributed by atoms with Crippen LogP contribution in [0, 0.1) is 5.92 Å². The number of hydrogen-bond donors (Lipinski definition) is 1. The molecule has 0 radical (unpaired) electrons. The standard InChI is InChI=1S/C14H22N2O/c1-10-7-11(15)9-16(8-10)13-3-2-4-14-12(13)5-6-17-14/h5-6,10-11,13H,2-4,7-9,15H2,1H3. The van der Waals surface area contributed by atoms with Gasteiger partial charge in [0.1, 0.15) is 5.76 Å². The lowest BCUT2D eigenvalue weighted by atomic mass is 9.88. The molecule has 0 spiro atoms. The fraction of sp³-hybridized carbons (Fsp3) is 0.714. The molecule has 2 N–H and O–H groups in total. The summed E-state index contributed by atoms with van der Waals surface area (Å²) < 4.78 is 5.57. The number of aryl methyl sites for hydroxylation is 1. The number of fused-ring (bicyclic) bond motifs is 1. The van der Waals surface area contributed by atoms with Gasteiger partial charge in [-0.25, -0.2) is 0 Å². The fourth-order valence-electron chi connectivity index (χ4n) is 3.54. The highest BCUT2D eigenvalue weighted by atomic mass is 16.3. The van der Waals surface area contributed by atoms with Gasteiger partial charge in [-0.2, -0.15) is 0 Å². The van der Waals surface area contributed by atoms with Gasteiger partial charge in [-0.1, -0.05) is 6.92 Å². The Morgan fingerprint density at radius 1 is 1.41 bits per heavy atom. The van der Waals surface area contributed by atoms with Crippen LogP contribution in [0.5, 0.6) is 0 Å². The molecule has 2 heterocycles. The number of nitrogens with two attached hydrogens (primary N) is 1. The summed E-state index contributed by atoms with van der Waals surface area (Å²) in [5.41, 5.74) is 7.57. The van der Waals surface area contributed by atoms with Crippen molar-refractivity contribution in [2.45, 2.75) is 44.7 Å². The highest BCUT2D eigenvalue weighted by Gasteiger charge is 2.32. The maximum atomic E-state index is 6.15. The Morgan fingerprint density at radius 3 is 3.12 bits per heavy atom. The van der Waals surface area contributed by atoms with Crippen LogP contribution in [0.15, 0.2) is 16.7 Å². The molecular weight excluding hydrogens is 212 g/mol. The first-order chi connectivity index (χ1) is 8.24. The number of piperidine rings is 1. The predicted octanol–water partition coefficient (Wildman–Crippen LogP) is 2.33. The zero-order chi connectivity index (χ0) is 11.8. The molecule has 3 nitrogen and oxygen atoms in total. The van der Waals surface area contributed by atoms with Crippen molar-refractivity contribution >= 4 is 0 Å². The van der Waals surface area contributed by atoms with E-state index in [-0.39, 0.29) is 0 Å². The molecule has 1 fully saturated rings. The lowest BCUT2D eigenvalue weighted by molar-refractivity contribution is 0.103. The summed E-state index contributed by atoms with van der Waals surface area (Å²) in [7, 11) is 0. The Hall–Kier alpha value is -0.800. The van der Waals surface area contributed by atoms with Gasteiger partial charge in [-0.3, -0.25) is 4.90 Å². The van der Waals surface area contributed by atoms with E-state index in [2.05, 4.69) is 17.9 Å². The van der Waals surface area contributed by atoms with Crippen molar-refractivity contribution in [3.63, 3.8) is 0 Å². The first kappa shape index (κ1) is 11.3.